The highest BCUT2D eigenvalue weighted by Gasteiger charge is 2.31. The van der Waals surface area contributed by atoms with Crippen LogP contribution in [0.3, 0.4) is 0 Å². The van der Waals surface area contributed by atoms with E-state index in [-0.39, 0.29) is 17.6 Å². The van der Waals surface area contributed by atoms with Gasteiger partial charge in [-0.25, -0.2) is 4.79 Å². The van der Waals surface area contributed by atoms with Crippen LogP contribution in [0.1, 0.15) is 33.6 Å². The topological polar surface area (TPSA) is 59.6 Å². The Labute approximate surface area is 110 Å². The first-order valence-electron chi connectivity index (χ1n) is 6.62. The fourth-order valence-electron chi connectivity index (χ4n) is 2.06. The van der Waals surface area contributed by atoms with Crippen LogP contribution in [-0.2, 0) is 9.47 Å². The van der Waals surface area contributed by atoms with Crippen LogP contribution in [0.4, 0.5) is 4.79 Å². The molecular formula is C13H26N2O3. The Kier molecular flexibility index (Phi) is 5.88. The number of hydrogen-bond acceptors (Lipinski definition) is 3. The van der Waals surface area contributed by atoms with E-state index in [2.05, 4.69) is 24.5 Å². The van der Waals surface area contributed by atoms with E-state index >= 15 is 0 Å². The Hall–Kier alpha value is -0.810. The predicted molar refractivity (Wildman–Crippen MR) is 70.6 cm³/mol. The average molecular weight is 258 g/mol. The molecule has 2 N–H and O–H groups in total. The Morgan fingerprint density at radius 1 is 1.50 bits per heavy atom. The van der Waals surface area contributed by atoms with E-state index in [1.807, 2.05) is 6.92 Å². The summed E-state index contributed by atoms with van der Waals surface area (Å²) in [6.07, 6.45) is 1.69. The standard InChI is InChI=1S/C13H26N2O3/c1-10(2)11(5-7-17-4)14-12(16)15-13(3)6-8-18-9-13/h10-11H,5-9H2,1-4H3,(H2,14,15,16)/t11-,13-/m0/s1. The van der Waals surface area contributed by atoms with E-state index in [9.17, 15) is 4.79 Å². The second kappa shape index (κ2) is 6.95. The van der Waals surface area contributed by atoms with Crippen molar-refractivity contribution in [2.24, 2.45) is 5.92 Å². The van der Waals surface area contributed by atoms with E-state index in [1.165, 1.54) is 0 Å². The first-order valence-corrected chi connectivity index (χ1v) is 6.62. The number of hydrogen-bond donors (Lipinski definition) is 2. The Bertz CT molecular complexity index is 263. The fraction of sp³-hybridized carbons (Fsp3) is 0.923. The van der Waals surface area contributed by atoms with Gasteiger partial charge in [-0.3, -0.25) is 0 Å². The Morgan fingerprint density at radius 3 is 2.72 bits per heavy atom. The molecule has 0 aromatic carbocycles. The maximum absolute atomic E-state index is 12.0. The lowest BCUT2D eigenvalue weighted by molar-refractivity contribution is 0.163. The summed E-state index contributed by atoms with van der Waals surface area (Å²) in [4.78, 5) is 12.0. The molecule has 0 saturated carbocycles. The number of urea groups is 1. The molecule has 106 valence electrons. The van der Waals surface area contributed by atoms with Crippen LogP contribution in [0.15, 0.2) is 0 Å². The summed E-state index contributed by atoms with van der Waals surface area (Å²) < 4.78 is 10.4. The third-order valence-corrected chi connectivity index (χ3v) is 3.39. The van der Waals surface area contributed by atoms with Crippen molar-refractivity contribution in [1.82, 2.24) is 10.6 Å². The van der Waals surface area contributed by atoms with Gasteiger partial charge in [-0.05, 0) is 25.7 Å². The summed E-state index contributed by atoms with van der Waals surface area (Å²) in [5.74, 6) is 0.388. The van der Waals surface area contributed by atoms with Crippen LogP contribution in [-0.4, -0.2) is 44.5 Å². The monoisotopic (exact) mass is 258 g/mol. The van der Waals surface area contributed by atoms with Gasteiger partial charge in [-0.15, -0.1) is 0 Å². The van der Waals surface area contributed by atoms with Crippen molar-refractivity contribution in [1.29, 1.82) is 0 Å². The van der Waals surface area contributed by atoms with Gasteiger partial charge in [0, 0.05) is 26.4 Å². The zero-order chi connectivity index (χ0) is 13.6. The highest BCUT2D eigenvalue weighted by atomic mass is 16.5. The van der Waals surface area contributed by atoms with Crippen molar-refractivity contribution in [2.45, 2.75) is 45.2 Å². The zero-order valence-corrected chi connectivity index (χ0v) is 11.9. The summed E-state index contributed by atoms with van der Waals surface area (Å²) in [6, 6.07) is 0.0219. The van der Waals surface area contributed by atoms with Crippen LogP contribution in [0.2, 0.25) is 0 Å². The lowest BCUT2D eigenvalue weighted by Crippen LogP contribution is -2.53. The third-order valence-electron chi connectivity index (χ3n) is 3.39. The molecule has 0 unspecified atom stereocenters. The molecular weight excluding hydrogens is 232 g/mol. The summed E-state index contributed by atoms with van der Waals surface area (Å²) in [7, 11) is 1.67. The van der Waals surface area contributed by atoms with E-state index in [0.717, 1.165) is 12.8 Å². The minimum atomic E-state index is -0.229. The third kappa shape index (κ3) is 4.82. The largest absolute Gasteiger partial charge is 0.385 e. The lowest BCUT2D eigenvalue weighted by Gasteiger charge is -2.27. The molecule has 1 saturated heterocycles. The minimum absolute atomic E-state index is 0.113. The summed E-state index contributed by atoms with van der Waals surface area (Å²) in [6.45, 7) is 8.17. The normalized spacial score (nSPS) is 25.2. The molecule has 5 heteroatoms. The number of carbonyl (C=O) groups excluding carboxylic acids is 1. The van der Waals surface area contributed by atoms with Gasteiger partial charge >= 0.3 is 6.03 Å². The molecule has 18 heavy (non-hydrogen) atoms. The number of nitrogens with one attached hydrogen (secondary N) is 2. The smallest absolute Gasteiger partial charge is 0.315 e. The van der Waals surface area contributed by atoms with Crippen LogP contribution < -0.4 is 10.6 Å². The predicted octanol–water partition coefficient (Wildman–Crippen LogP) is 1.53. The maximum atomic E-state index is 12.0. The molecule has 1 heterocycles. The van der Waals surface area contributed by atoms with E-state index < -0.39 is 0 Å². The van der Waals surface area contributed by atoms with E-state index in [0.29, 0.717) is 25.7 Å². The number of carbonyl (C=O) groups is 1. The van der Waals surface area contributed by atoms with Gasteiger partial charge in [0.15, 0.2) is 0 Å². The number of amides is 2. The first kappa shape index (κ1) is 15.2. The number of methoxy groups -OCH3 is 1. The SMILES string of the molecule is COCC[C@H](NC(=O)N[C@@]1(C)CCOC1)C(C)C. The van der Waals surface area contributed by atoms with Crippen LogP contribution in [0, 0.1) is 5.92 Å². The highest BCUT2D eigenvalue weighted by molar-refractivity contribution is 5.75. The highest BCUT2D eigenvalue weighted by Crippen LogP contribution is 2.17. The first-order chi connectivity index (χ1) is 8.47. The van der Waals surface area contributed by atoms with Gasteiger partial charge in [0.25, 0.3) is 0 Å². The second-order valence-electron chi connectivity index (χ2n) is 5.59. The molecule has 0 spiro atoms. The second-order valence-corrected chi connectivity index (χ2v) is 5.59. The van der Waals surface area contributed by atoms with Crippen molar-refractivity contribution < 1.29 is 14.3 Å². The lowest BCUT2D eigenvalue weighted by atomic mass is 10.0. The van der Waals surface area contributed by atoms with Gasteiger partial charge in [0.1, 0.15) is 0 Å². The molecule has 5 nitrogen and oxygen atoms in total. The van der Waals surface area contributed by atoms with Crippen molar-refractivity contribution in [3.8, 4) is 0 Å². The number of rotatable bonds is 6. The molecule has 0 aromatic rings. The van der Waals surface area contributed by atoms with Crippen molar-refractivity contribution in [3.05, 3.63) is 0 Å². The van der Waals surface area contributed by atoms with Gasteiger partial charge < -0.3 is 20.1 Å². The quantitative estimate of drug-likeness (QED) is 0.759. The molecule has 1 fully saturated rings. The molecule has 0 radical (unpaired) electrons. The van der Waals surface area contributed by atoms with Crippen molar-refractivity contribution >= 4 is 6.03 Å². The summed E-state index contributed by atoms with van der Waals surface area (Å²) in [5.41, 5.74) is -0.229. The molecule has 0 bridgehead atoms. The van der Waals surface area contributed by atoms with Gasteiger partial charge in [-0.2, -0.15) is 0 Å². The van der Waals surface area contributed by atoms with Gasteiger partial charge in [0.2, 0.25) is 0 Å². The number of ether oxygens (including phenoxy) is 2. The van der Waals surface area contributed by atoms with Crippen LogP contribution in [0.25, 0.3) is 0 Å². The van der Waals surface area contributed by atoms with Gasteiger partial charge in [-0.1, -0.05) is 13.8 Å². The van der Waals surface area contributed by atoms with E-state index in [4.69, 9.17) is 9.47 Å². The maximum Gasteiger partial charge on any atom is 0.315 e. The van der Waals surface area contributed by atoms with E-state index in [1.54, 1.807) is 7.11 Å². The Balaban J connectivity index is 2.40. The molecule has 0 aromatic heterocycles. The fourth-order valence-corrected chi connectivity index (χ4v) is 2.06. The van der Waals surface area contributed by atoms with Crippen LogP contribution >= 0.6 is 0 Å². The average Bonchev–Trinajstić information content (AvgIpc) is 2.70. The van der Waals surface area contributed by atoms with Crippen LogP contribution in [0.5, 0.6) is 0 Å². The summed E-state index contributed by atoms with van der Waals surface area (Å²) in [5, 5.41) is 6.02. The minimum Gasteiger partial charge on any atom is -0.385 e. The molecule has 2 amide bonds. The zero-order valence-electron chi connectivity index (χ0n) is 11.9. The molecule has 1 aliphatic rings. The van der Waals surface area contributed by atoms with Gasteiger partial charge in [0.05, 0.1) is 12.1 Å². The molecule has 1 aliphatic heterocycles. The van der Waals surface area contributed by atoms with Crippen molar-refractivity contribution in [2.75, 3.05) is 26.9 Å². The summed E-state index contributed by atoms with van der Waals surface area (Å²) >= 11 is 0. The molecule has 1 rings (SSSR count). The molecule has 0 aliphatic carbocycles. The molecule has 2 atom stereocenters. The van der Waals surface area contributed by atoms with Crippen molar-refractivity contribution in [3.63, 3.8) is 0 Å². The Morgan fingerprint density at radius 2 is 2.22 bits per heavy atom.